The van der Waals surface area contributed by atoms with Crippen LogP contribution in [0.1, 0.15) is 99.4 Å². The highest BCUT2D eigenvalue weighted by molar-refractivity contribution is 6.73. The van der Waals surface area contributed by atoms with E-state index in [0.29, 0.717) is 18.4 Å². The van der Waals surface area contributed by atoms with Crippen LogP contribution >= 0.6 is 0 Å². The fourth-order valence-electron chi connectivity index (χ4n) is 10.6. The number of carbonyl (C=O) groups is 3. The second-order valence-corrected chi connectivity index (χ2v) is 21.5. The van der Waals surface area contributed by atoms with Crippen LogP contribution in [0.25, 0.3) is 0 Å². The van der Waals surface area contributed by atoms with Crippen molar-refractivity contribution in [1.82, 2.24) is 0 Å². The molecular formula is C40H58O10Si. The molecule has 1 aromatic rings. The first-order valence-electron chi connectivity index (χ1n) is 18.9. The van der Waals surface area contributed by atoms with E-state index >= 15 is 0 Å². The highest BCUT2D eigenvalue weighted by Gasteiger charge is 2.77. The van der Waals surface area contributed by atoms with Gasteiger partial charge >= 0.3 is 17.9 Å². The monoisotopic (exact) mass is 726 g/mol. The van der Waals surface area contributed by atoms with Crippen molar-refractivity contribution in [3.05, 3.63) is 47.0 Å². The maximum atomic E-state index is 14.3. The van der Waals surface area contributed by atoms with Crippen molar-refractivity contribution in [3.63, 3.8) is 0 Å². The van der Waals surface area contributed by atoms with Crippen molar-refractivity contribution >= 4 is 26.2 Å². The van der Waals surface area contributed by atoms with E-state index in [-0.39, 0.29) is 12.5 Å². The van der Waals surface area contributed by atoms with Crippen molar-refractivity contribution in [2.45, 2.75) is 155 Å². The summed E-state index contributed by atoms with van der Waals surface area (Å²) in [5.74, 6) is -3.32. The predicted molar refractivity (Wildman–Crippen MR) is 192 cm³/mol. The molecule has 11 heteroatoms. The summed E-state index contributed by atoms with van der Waals surface area (Å²) in [6.45, 7) is 22.1. The number of esters is 3. The minimum absolute atomic E-state index is 0.144. The van der Waals surface area contributed by atoms with Gasteiger partial charge in [0.2, 0.25) is 0 Å². The predicted octanol–water partition coefficient (Wildman–Crippen LogP) is 7.16. The zero-order valence-electron chi connectivity index (χ0n) is 32.3. The Kier molecular flexibility index (Phi) is 10.0. The molecule has 4 fully saturated rings. The van der Waals surface area contributed by atoms with Crippen LogP contribution in [-0.2, 0) is 42.4 Å². The molecule has 10 nitrogen and oxygen atoms in total. The molecule has 0 amide bonds. The molecule has 3 aliphatic carbocycles. The lowest BCUT2D eigenvalue weighted by Crippen LogP contribution is -2.82. The van der Waals surface area contributed by atoms with Gasteiger partial charge in [0.05, 0.1) is 36.4 Å². The summed E-state index contributed by atoms with van der Waals surface area (Å²) in [5, 5.41) is 0. The summed E-state index contributed by atoms with van der Waals surface area (Å²) in [6, 6.07) is 11.7. The van der Waals surface area contributed by atoms with Gasteiger partial charge in [-0.2, -0.15) is 0 Å². The van der Waals surface area contributed by atoms with E-state index in [1.165, 1.54) is 13.8 Å². The molecule has 0 radical (unpaired) electrons. The molecule has 10 atom stereocenters. The van der Waals surface area contributed by atoms with Crippen LogP contribution in [-0.4, -0.2) is 80.8 Å². The van der Waals surface area contributed by atoms with E-state index in [4.69, 9.17) is 32.8 Å². The fraction of sp³-hybridized carbons (Fsp3) is 0.725. The van der Waals surface area contributed by atoms with Gasteiger partial charge in [-0.1, -0.05) is 59.7 Å². The summed E-state index contributed by atoms with van der Waals surface area (Å²) in [7, 11) is -2.34. The Balaban J connectivity index is 1.69. The molecule has 0 N–H and O–H groups in total. The molecule has 0 spiro atoms. The smallest absolute Gasteiger partial charge is 0.338 e. The first-order valence-corrected chi connectivity index (χ1v) is 21.4. The Bertz CT molecular complexity index is 1540. The summed E-state index contributed by atoms with van der Waals surface area (Å²) in [5.41, 5.74) is -0.283. The van der Waals surface area contributed by atoms with Crippen LogP contribution in [0.5, 0.6) is 0 Å². The van der Waals surface area contributed by atoms with E-state index in [2.05, 4.69) is 48.5 Å². The van der Waals surface area contributed by atoms with E-state index < -0.39 is 91.0 Å². The minimum Gasteiger partial charge on any atom is -0.458 e. The summed E-state index contributed by atoms with van der Waals surface area (Å²) >= 11 is 0. The molecule has 5 aliphatic rings. The van der Waals surface area contributed by atoms with Crippen LogP contribution in [0.2, 0.25) is 18.1 Å². The number of carbonyl (C=O) groups excluding carboxylic acids is 3. The lowest BCUT2D eigenvalue weighted by Gasteiger charge is -2.71. The van der Waals surface area contributed by atoms with Crippen molar-refractivity contribution < 1.29 is 47.2 Å². The topological polar surface area (TPSA) is 116 Å². The Labute approximate surface area is 304 Å². The van der Waals surface area contributed by atoms with Gasteiger partial charge in [0, 0.05) is 31.6 Å². The van der Waals surface area contributed by atoms with E-state index in [0.717, 1.165) is 29.3 Å². The normalized spacial score (nSPS) is 37.8. The lowest BCUT2D eigenvalue weighted by atomic mass is 9.45. The zero-order valence-corrected chi connectivity index (χ0v) is 33.3. The zero-order chi connectivity index (χ0) is 37.3. The van der Waals surface area contributed by atoms with Gasteiger partial charge in [0.25, 0.3) is 0 Å². The Morgan fingerprint density at radius 3 is 2.06 bits per heavy atom. The number of rotatable bonds is 9. The maximum absolute atomic E-state index is 14.3. The van der Waals surface area contributed by atoms with E-state index in [9.17, 15) is 14.4 Å². The number of hydrogen-bond donors (Lipinski definition) is 0. The van der Waals surface area contributed by atoms with Gasteiger partial charge in [0.15, 0.2) is 19.7 Å². The number of ether oxygens (including phenoxy) is 6. The average molecular weight is 727 g/mol. The van der Waals surface area contributed by atoms with E-state index in [1.807, 2.05) is 32.0 Å². The van der Waals surface area contributed by atoms with Crippen molar-refractivity contribution in [2.75, 3.05) is 6.61 Å². The van der Waals surface area contributed by atoms with Gasteiger partial charge in [-0.25, -0.2) is 4.79 Å². The standard InChI is InChI=1S/C40H58O10Si/c1-12-51(13-2,14-3)50-33-31-23(4)28(45-24(5)41)20-27(37(31,7)8)32(46-36(43)26-18-16-15-17-19-26)34-39(11)29(48-38(9,10)49-35(33)39)21-30-40(34,22-44-30)47-25(6)42/h15-19,27-30,32-35H,12-14,20-22H2,1-11H3/t27-,28-,29-,30+,32+,33+,34-,35-,39+,40-/m0/s1. The van der Waals surface area contributed by atoms with Crippen molar-refractivity contribution in [3.8, 4) is 0 Å². The molecule has 1 aromatic carbocycles. The molecule has 2 saturated heterocycles. The Hall–Kier alpha value is -2.57. The molecule has 2 bridgehead atoms. The lowest BCUT2D eigenvalue weighted by molar-refractivity contribution is -0.424. The fourth-order valence-corrected chi connectivity index (χ4v) is 13.4. The SMILES string of the molecule is CC[Si](CC)(CC)O[C@@H]1C2=C(C)[C@@H](OC(C)=O)C[C@@H]([C@@H](OC(=O)c3ccccc3)[C@@H]3[C@]4(OC(C)=O)CO[C@@H]4C[C@@H]4OC(C)(C)O[C@@H]1[C@]43C)C2(C)C. The third-order valence-electron chi connectivity index (χ3n) is 13.3. The van der Waals surface area contributed by atoms with Crippen LogP contribution in [0.4, 0.5) is 0 Å². The minimum atomic E-state index is -2.34. The van der Waals surface area contributed by atoms with Crippen LogP contribution in [0.3, 0.4) is 0 Å². The molecule has 6 rings (SSSR count). The van der Waals surface area contributed by atoms with Crippen LogP contribution in [0.15, 0.2) is 41.5 Å². The Morgan fingerprint density at radius 1 is 0.863 bits per heavy atom. The Morgan fingerprint density at radius 2 is 1.51 bits per heavy atom. The molecule has 282 valence electrons. The van der Waals surface area contributed by atoms with Crippen molar-refractivity contribution in [2.24, 2.45) is 22.7 Å². The second-order valence-electron chi connectivity index (χ2n) is 16.7. The third-order valence-corrected chi connectivity index (χ3v) is 17.9. The first-order chi connectivity index (χ1) is 23.9. The van der Waals surface area contributed by atoms with Gasteiger partial charge in [-0.05, 0) is 74.0 Å². The molecule has 2 aliphatic heterocycles. The van der Waals surface area contributed by atoms with Crippen LogP contribution < -0.4 is 0 Å². The summed E-state index contributed by atoms with van der Waals surface area (Å²) in [6.07, 6.45) is -2.60. The molecule has 0 unspecified atom stereocenters. The molecule has 51 heavy (non-hydrogen) atoms. The molecule has 2 heterocycles. The second kappa shape index (κ2) is 13.4. The summed E-state index contributed by atoms with van der Waals surface area (Å²) < 4.78 is 47.5. The largest absolute Gasteiger partial charge is 0.458 e. The highest BCUT2D eigenvalue weighted by atomic mass is 28.4. The first kappa shape index (κ1) is 38.2. The quantitative estimate of drug-likeness (QED) is 0.112. The van der Waals surface area contributed by atoms with Gasteiger partial charge in [0.1, 0.15) is 18.3 Å². The highest BCUT2D eigenvalue weighted by Crippen LogP contribution is 2.67. The summed E-state index contributed by atoms with van der Waals surface area (Å²) in [4.78, 5) is 40.1. The third kappa shape index (κ3) is 6.12. The van der Waals surface area contributed by atoms with Crippen molar-refractivity contribution in [1.29, 1.82) is 0 Å². The maximum Gasteiger partial charge on any atom is 0.338 e. The number of hydrogen-bond acceptors (Lipinski definition) is 10. The van der Waals surface area contributed by atoms with E-state index in [1.54, 1.807) is 12.1 Å². The molecule has 0 aromatic heterocycles. The number of fused-ring (bicyclic) bond motifs is 4. The van der Waals surface area contributed by atoms with Gasteiger partial charge in [-0.15, -0.1) is 0 Å². The van der Waals surface area contributed by atoms with Crippen LogP contribution in [0, 0.1) is 22.7 Å². The molecule has 2 saturated carbocycles. The van der Waals surface area contributed by atoms with Gasteiger partial charge < -0.3 is 32.8 Å². The number of benzene rings is 1. The average Bonchev–Trinajstić information content (AvgIpc) is 3.05. The molecular weight excluding hydrogens is 669 g/mol. The van der Waals surface area contributed by atoms with Gasteiger partial charge in [-0.3, -0.25) is 9.59 Å².